The number of carbonyl (C=O) groups excluding carboxylic acids is 2. The normalized spacial score (nSPS) is 13.9. The lowest BCUT2D eigenvalue weighted by atomic mass is 10.0. The van der Waals surface area contributed by atoms with Gasteiger partial charge in [0, 0.05) is 44.8 Å². The topological polar surface area (TPSA) is 142 Å². The van der Waals surface area contributed by atoms with Crippen LogP contribution in [-0.4, -0.2) is 63.6 Å². The van der Waals surface area contributed by atoms with Crippen LogP contribution in [0.1, 0.15) is 27.9 Å². The first-order valence-electron chi connectivity index (χ1n) is 10.5. The highest BCUT2D eigenvalue weighted by Crippen LogP contribution is 2.44. The van der Waals surface area contributed by atoms with Crippen LogP contribution in [0.15, 0.2) is 12.1 Å². The van der Waals surface area contributed by atoms with Gasteiger partial charge in [-0.3, -0.25) is 4.79 Å². The summed E-state index contributed by atoms with van der Waals surface area (Å²) in [4.78, 5) is 25.8. The molecular weight excluding hydrogens is 486 g/mol. The minimum atomic E-state index is -0.871. The van der Waals surface area contributed by atoms with Crippen molar-refractivity contribution in [1.82, 2.24) is 0 Å². The van der Waals surface area contributed by atoms with Crippen molar-refractivity contribution >= 4 is 29.2 Å². The van der Waals surface area contributed by atoms with Crippen LogP contribution in [0.4, 0.5) is 5.69 Å². The van der Waals surface area contributed by atoms with E-state index in [0.717, 1.165) is 6.07 Å². The fraction of sp³-hybridized carbons (Fsp3) is 0.391. The van der Waals surface area contributed by atoms with Crippen molar-refractivity contribution in [2.24, 2.45) is 0 Å². The molecule has 0 fully saturated rings. The van der Waals surface area contributed by atoms with E-state index in [1.54, 1.807) is 0 Å². The SMILES string of the molecule is COCOc1cc2c(OCOC)c(c1OC)CCOC(=O)c1c(O)cc(O)c(Cl)c1CCC(=O)N2. The highest BCUT2D eigenvalue weighted by Gasteiger charge is 2.27. The predicted octanol–water partition coefficient (Wildman–Crippen LogP) is 3.01. The van der Waals surface area contributed by atoms with Gasteiger partial charge < -0.3 is 44.0 Å². The molecule has 1 amide bonds. The average Bonchev–Trinajstić information content (AvgIpc) is 2.83. The molecule has 0 aliphatic carbocycles. The summed E-state index contributed by atoms with van der Waals surface area (Å²) >= 11 is 6.19. The third kappa shape index (κ3) is 5.81. The number of phenolic OH excluding ortho intramolecular Hbond substituents is 2. The number of aromatic hydroxyl groups is 2. The Labute approximate surface area is 206 Å². The first-order chi connectivity index (χ1) is 16.8. The molecule has 0 spiro atoms. The molecule has 3 N–H and O–H groups in total. The Bertz CT molecular complexity index is 1100. The van der Waals surface area contributed by atoms with Crippen molar-refractivity contribution in [2.45, 2.75) is 19.3 Å². The van der Waals surface area contributed by atoms with Gasteiger partial charge in [0.15, 0.2) is 30.8 Å². The Morgan fingerprint density at radius 2 is 1.66 bits per heavy atom. The van der Waals surface area contributed by atoms with Crippen LogP contribution in [0.5, 0.6) is 28.7 Å². The van der Waals surface area contributed by atoms with Crippen LogP contribution in [0.25, 0.3) is 0 Å². The van der Waals surface area contributed by atoms with Gasteiger partial charge in [0.05, 0.1) is 24.4 Å². The van der Waals surface area contributed by atoms with Gasteiger partial charge in [-0.15, -0.1) is 0 Å². The number of rotatable bonds is 7. The van der Waals surface area contributed by atoms with E-state index in [-0.39, 0.29) is 78.5 Å². The van der Waals surface area contributed by atoms with E-state index in [1.165, 1.54) is 27.4 Å². The number of fused-ring (bicyclic) bond motifs is 3. The maximum Gasteiger partial charge on any atom is 0.342 e. The van der Waals surface area contributed by atoms with Gasteiger partial charge in [-0.2, -0.15) is 0 Å². The van der Waals surface area contributed by atoms with E-state index in [4.69, 9.17) is 40.0 Å². The standard InChI is InChI=1S/C23H26ClNO10/c1-30-10-34-17-8-14-21(35-11-31-2)13(22(17)32-3)6-7-33-23(29)19-12(4-5-18(28)25-14)20(24)16(27)9-15(19)26/h8-9,26-27H,4-7,10-11H2,1-3H3,(H,25,28). The van der Waals surface area contributed by atoms with Gasteiger partial charge in [0.25, 0.3) is 0 Å². The summed E-state index contributed by atoms with van der Waals surface area (Å²) in [5.41, 5.74) is 0.574. The molecule has 12 heteroatoms. The number of anilines is 1. The highest BCUT2D eigenvalue weighted by molar-refractivity contribution is 6.33. The van der Waals surface area contributed by atoms with Crippen molar-refractivity contribution in [2.75, 3.05) is 46.8 Å². The Balaban J connectivity index is 2.12. The second-order valence-electron chi connectivity index (χ2n) is 7.38. The molecular formula is C23H26ClNO10. The fourth-order valence-electron chi connectivity index (χ4n) is 3.65. The van der Waals surface area contributed by atoms with Gasteiger partial charge in [-0.1, -0.05) is 11.6 Å². The Kier molecular flexibility index (Phi) is 8.85. The number of phenols is 2. The van der Waals surface area contributed by atoms with Gasteiger partial charge in [0.1, 0.15) is 17.1 Å². The van der Waals surface area contributed by atoms with Crippen LogP contribution in [0, 0.1) is 0 Å². The molecule has 11 nitrogen and oxygen atoms in total. The van der Waals surface area contributed by atoms with Crippen molar-refractivity contribution in [3.05, 3.63) is 33.8 Å². The highest BCUT2D eigenvalue weighted by atomic mass is 35.5. The lowest BCUT2D eigenvalue weighted by molar-refractivity contribution is -0.116. The number of hydrogen-bond donors (Lipinski definition) is 3. The maximum absolute atomic E-state index is 12.9. The van der Waals surface area contributed by atoms with Crippen LogP contribution in [-0.2, 0) is 31.8 Å². The molecule has 2 aromatic carbocycles. The molecule has 0 saturated heterocycles. The lowest BCUT2D eigenvalue weighted by Gasteiger charge is -2.21. The number of cyclic esters (lactones) is 1. The molecule has 1 aliphatic rings. The van der Waals surface area contributed by atoms with Crippen molar-refractivity contribution < 1.29 is 48.2 Å². The van der Waals surface area contributed by atoms with Crippen molar-refractivity contribution in [3.8, 4) is 28.7 Å². The number of nitrogens with one attached hydrogen (secondary N) is 1. The number of esters is 1. The van der Waals surface area contributed by atoms with Gasteiger partial charge in [0.2, 0.25) is 5.91 Å². The molecule has 0 aromatic heterocycles. The molecule has 1 heterocycles. The monoisotopic (exact) mass is 511 g/mol. The first kappa shape index (κ1) is 26.2. The summed E-state index contributed by atoms with van der Waals surface area (Å²) < 4.78 is 32.3. The second kappa shape index (κ2) is 11.8. The molecule has 190 valence electrons. The predicted molar refractivity (Wildman–Crippen MR) is 124 cm³/mol. The van der Waals surface area contributed by atoms with Gasteiger partial charge in [-0.25, -0.2) is 4.79 Å². The average molecular weight is 512 g/mol. The Morgan fingerprint density at radius 1 is 0.943 bits per heavy atom. The molecule has 3 rings (SSSR count). The zero-order valence-corrected chi connectivity index (χ0v) is 20.2. The fourth-order valence-corrected chi connectivity index (χ4v) is 3.89. The quantitative estimate of drug-likeness (QED) is 0.375. The first-order valence-corrected chi connectivity index (χ1v) is 10.9. The maximum atomic E-state index is 12.9. The summed E-state index contributed by atoms with van der Waals surface area (Å²) in [7, 11) is 4.33. The molecule has 0 saturated carbocycles. The summed E-state index contributed by atoms with van der Waals surface area (Å²) in [6.45, 7) is -0.380. The summed E-state index contributed by atoms with van der Waals surface area (Å²) in [6, 6.07) is 2.47. The van der Waals surface area contributed by atoms with E-state index in [9.17, 15) is 19.8 Å². The van der Waals surface area contributed by atoms with Gasteiger partial charge in [-0.05, 0) is 12.0 Å². The van der Waals surface area contributed by atoms with E-state index in [0.29, 0.717) is 5.56 Å². The Hall–Kier alpha value is -3.41. The van der Waals surface area contributed by atoms with Crippen molar-refractivity contribution in [1.29, 1.82) is 0 Å². The van der Waals surface area contributed by atoms with Gasteiger partial charge >= 0.3 is 5.97 Å². The number of hydrogen-bond acceptors (Lipinski definition) is 10. The number of halogens is 1. The smallest absolute Gasteiger partial charge is 0.342 e. The second-order valence-corrected chi connectivity index (χ2v) is 7.76. The molecule has 2 aromatic rings. The Morgan fingerprint density at radius 3 is 2.34 bits per heavy atom. The third-order valence-corrected chi connectivity index (χ3v) is 5.56. The van der Waals surface area contributed by atoms with E-state index >= 15 is 0 Å². The number of amides is 1. The molecule has 2 bridgehead atoms. The minimum absolute atomic E-state index is 0.0681. The van der Waals surface area contributed by atoms with Crippen LogP contribution in [0.2, 0.25) is 5.02 Å². The largest absolute Gasteiger partial charge is 0.507 e. The molecule has 1 aliphatic heterocycles. The van der Waals surface area contributed by atoms with E-state index in [2.05, 4.69) is 5.32 Å². The van der Waals surface area contributed by atoms with E-state index in [1.807, 2.05) is 0 Å². The molecule has 0 unspecified atom stereocenters. The van der Waals surface area contributed by atoms with Crippen molar-refractivity contribution in [3.63, 3.8) is 0 Å². The van der Waals surface area contributed by atoms with Crippen LogP contribution < -0.4 is 19.5 Å². The van der Waals surface area contributed by atoms with E-state index < -0.39 is 23.4 Å². The molecule has 0 atom stereocenters. The summed E-state index contributed by atoms with van der Waals surface area (Å²) in [6.07, 6.45) is -0.132. The molecule has 0 radical (unpaired) electrons. The lowest BCUT2D eigenvalue weighted by Crippen LogP contribution is -2.16. The minimum Gasteiger partial charge on any atom is -0.507 e. The van der Waals surface area contributed by atoms with Crippen LogP contribution in [0.3, 0.4) is 0 Å². The summed E-state index contributed by atoms with van der Waals surface area (Å²) in [5.74, 6) is -1.48. The number of methoxy groups -OCH3 is 3. The third-order valence-electron chi connectivity index (χ3n) is 5.14. The zero-order chi connectivity index (χ0) is 25.5. The number of benzene rings is 2. The number of carbonyl (C=O) groups is 2. The zero-order valence-electron chi connectivity index (χ0n) is 19.4. The summed E-state index contributed by atoms with van der Waals surface area (Å²) in [5, 5.41) is 22.9. The van der Waals surface area contributed by atoms with Crippen LogP contribution >= 0.6 is 11.6 Å². The molecule has 35 heavy (non-hydrogen) atoms. The number of ether oxygens (including phenoxy) is 6.